The predicted octanol–water partition coefficient (Wildman–Crippen LogP) is 4.31. The van der Waals surface area contributed by atoms with Crippen LogP contribution in [0, 0.1) is 6.92 Å². The third kappa shape index (κ3) is 2.37. The number of hydrogen-bond donors (Lipinski definition) is 1. The van der Waals surface area contributed by atoms with Gasteiger partial charge in [-0.3, -0.25) is 4.98 Å². The van der Waals surface area contributed by atoms with Gasteiger partial charge in [0.05, 0.1) is 15.9 Å². The SMILES string of the molecule is Cc1cc(C(N)c2ccc(Cl)s2)c2ccccc2n1. The molecule has 0 aliphatic heterocycles. The smallest absolute Gasteiger partial charge is 0.0931 e. The quantitative estimate of drug-likeness (QED) is 0.763. The van der Waals surface area contributed by atoms with Crippen molar-refractivity contribution in [2.75, 3.05) is 0 Å². The average molecular weight is 289 g/mol. The molecule has 2 N–H and O–H groups in total. The summed E-state index contributed by atoms with van der Waals surface area (Å²) in [5, 5.41) is 1.10. The molecule has 2 nitrogen and oxygen atoms in total. The number of aromatic nitrogens is 1. The fourth-order valence-corrected chi connectivity index (χ4v) is 3.33. The van der Waals surface area contributed by atoms with Crippen LogP contribution in [0.1, 0.15) is 22.2 Å². The van der Waals surface area contributed by atoms with Gasteiger partial charge in [-0.1, -0.05) is 29.8 Å². The van der Waals surface area contributed by atoms with Crippen molar-refractivity contribution in [3.8, 4) is 0 Å². The van der Waals surface area contributed by atoms with Gasteiger partial charge in [0.25, 0.3) is 0 Å². The third-order valence-corrected chi connectivity index (χ3v) is 4.43. The van der Waals surface area contributed by atoms with Crippen molar-refractivity contribution in [2.24, 2.45) is 5.73 Å². The monoisotopic (exact) mass is 288 g/mol. The maximum absolute atomic E-state index is 6.39. The maximum Gasteiger partial charge on any atom is 0.0931 e. The molecular weight excluding hydrogens is 276 g/mol. The van der Waals surface area contributed by atoms with Crippen LogP contribution in [0.3, 0.4) is 0 Å². The largest absolute Gasteiger partial charge is 0.320 e. The number of pyridine rings is 1. The molecule has 1 atom stereocenters. The summed E-state index contributed by atoms with van der Waals surface area (Å²) in [5.74, 6) is 0. The van der Waals surface area contributed by atoms with Crippen molar-refractivity contribution >= 4 is 33.8 Å². The highest BCUT2D eigenvalue weighted by Gasteiger charge is 2.15. The van der Waals surface area contributed by atoms with Gasteiger partial charge in [0, 0.05) is 16.0 Å². The number of halogens is 1. The van der Waals surface area contributed by atoms with E-state index in [1.54, 1.807) is 0 Å². The fraction of sp³-hybridized carbons (Fsp3) is 0.133. The Balaban J connectivity index is 2.19. The molecule has 0 fully saturated rings. The molecule has 0 aliphatic carbocycles. The van der Waals surface area contributed by atoms with Gasteiger partial charge in [0.15, 0.2) is 0 Å². The first-order chi connectivity index (χ1) is 9.15. The lowest BCUT2D eigenvalue weighted by Crippen LogP contribution is -2.11. The van der Waals surface area contributed by atoms with Crippen LogP contribution in [-0.2, 0) is 0 Å². The Labute approximate surface area is 120 Å². The second-order valence-electron chi connectivity index (χ2n) is 4.49. The number of benzene rings is 1. The molecule has 3 rings (SSSR count). The van der Waals surface area contributed by atoms with Crippen molar-refractivity contribution in [3.63, 3.8) is 0 Å². The molecular formula is C15H13ClN2S. The lowest BCUT2D eigenvalue weighted by molar-refractivity contribution is 0.898. The average Bonchev–Trinajstić information content (AvgIpc) is 2.83. The van der Waals surface area contributed by atoms with Crippen molar-refractivity contribution in [2.45, 2.75) is 13.0 Å². The Morgan fingerprint density at radius 1 is 1.21 bits per heavy atom. The number of hydrogen-bond acceptors (Lipinski definition) is 3. The number of fused-ring (bicyclic) bond motifs is 1. The summed E-state index contributed by atoms with van der Waals surface area (Å²) in [7, 11) is 0. The normalized spacial score (nSPS) is 12.8. The molecule has 0 aliphatic rings. The van der Waals surface area contributed by atoms with E-state index < -0.39 is 0 Å². The summed E-state index contributed by atoms with van der Waals surface area (Å²) in [6, 6.07) is 13.8. The molecule has 2 heterocycles. The Morgan fingerprint density at radius 2 is 2.00 bits per heavy atom. The highest BCUT2D eigenvalue weighted by atomic mass is 35.5. The highest BCUT2D eigenvalue weighted by molar-refractivity contribution is 7.16. The molecule has 1 unspecified atom stereocenters. The fourth-order valence-electron chi connectivity index (χ4n) is 2.25. The van der Waals surface area contributed by atoms with Crippen LogP contribution in [0.25, 0.3) is 10.9 Å². The van der Waals surface area contributed by atoms with Crippen LogP contribution < -0.4 is 5.73 Å². The van der Waals surface area contributed by atoms with Crippen LogP contribution in [-0.4, -0.2) is 4.98 Å². The van der Waals surface area contributed by atoms with E-state index in [4.69, 9.17) is 17.3 Å². The van der Waals surface area contributed by atoms with Crippen molar-refractivity contribution in [1.29, 1.82) is 0 Å². The predicted molar refractivity (Wildman–Crippen MR) is 81.8 cm³/mol. The first-order valence-electron chi connectivity index (χ1n) is 6.02. The van der Waals surface area contributed by atoms with Gasteiger partial charge in [-0.2, -0.15) is 0 Å². The van der Waals surface area contributed by atoms with Gasteiger partial charge in [0.2, 0.25) is 0 Å². The van der Waals surface area contributed by atoms with Crippen LogP contribution in [0.15, 0.2) is 42.5 Å². The summed E-state index contributed by atoms with van der Waals surface area (Å²) in [4.78, 5) is 5.61. The van der Waals surface area contributed by atoms with E-state index in [0.717, 1.165) is 31.4 Å². The van der Waals surface area contributed by atoms with E-state index in [-0.39, 0.29) is 6.04 Å². The standard InChI is InChI=1S/C15H13ClN2S/c1-9-8-11(10-4-2-3-5-12(10)18-9)15(17)13-6-7-14(16)19-13/h2-8,15H,17H2,1H3. The van der Waals surface area contributed by atoms with Gasteiger partial charge in [0.1, 0.15) is 0 Å². The van der Waals surface area contributed by atoms with E-state index >= 15 is 0 Å². The van der Waals surface area contributed by atoms with Crippen molar-refractivity contribution in [3.05, 3.63) is 62.9 Å². The molecule has 0 saturated heterocycles. The van der Waals surface area contributed by atoms with Gasteiger partial charge >= 0.3 is 0 Å². The van der Waals surface area contributed by atoms with E-state index in [2.05, 4.69) is 17.1 Å². The Hall–Kier alpha value is -1.42. The molecule has 2 aromatic heterocycles. The molecule has 0 saturated carbocycles. The van der Waals surface area contributed by atoms with Crippen molar-refractivity contribution < 1.29 is 0 Å². The minimum Gasteiger partial charge on any atom is -0.320 e. The van der Waals surface area contributed by atoms with E-state index in [9.17, 15) is 0 Å². The lowest BCUT2D eigenvalue weighted by Gasteiger charge is -2.14. The van der Waals surface area contributed by atoms with E-state index in [1.807, 2.05) is 37.3 Å². The van der Waals surface area contributed by atoms with Gasteiger partial charge in [-0.05, 0) is 36.8 Å². The molecule has 96 valence electrons. The summed E-state index contributed by atoms with van der Waals surface area (Å²) >= 11 is 7.52. The number of nitrogens with two attached hydrogens (primary N) is 1. The Kier molecular flexibility index (Phi) is 3.27. The first kappa shape index (κ1) is 12.6. The summed E-state index contributed by atoms with van der Waals surface area (Å²) in [5.41, 5.74) is 9.45. The minimum absolute atomic E-state index is 0.163. The van der Waals surface area contributed by atoms with Gasteiger partial charge in [-0.25, -0.2) is 0 Å². The van der Waals surface area contributed by atoms with Crippen LogP contribution in [0.2, 0.25) is 4.34 Å². The van der Waals surface area contributed by atoms with Gasteiger partial charge in [-0.15, -0.1) is 11.3 Å². The molecule has 3 aromatic rings. The molecule has 1 aromatic carbocycles. The zero-order valence-corrected chi connectivity index (χ0v) is 12.0. The van der Waals surface area contributed by atoms with Crippen molar-refractivity contribution in [1.82, 2.24) is 4.98 Å². The lowest BCUT2D eigenvalue weighted by atomic mass is 10.0. The Bertz CT molecular complexity index is 736. The first-order valence-corrected chi connectivity index (χ1v) is 7.21. The summed E-state index contributed by atoms with van der Waals surface area (Å²) < 4.78 is 0.764. The van der Waals surface area contributed by atoms with Crippen LogP contribution in [0.5, 0.6) is 0 Å². The highest BCUT2D eigenvalue weighted by Crippen LogP contribution is 2.32. The number of para-hydroxylation sites is 1. The topological polar surface area (TPSA) is 38.9 Å². The molecule has 0 spiro atoms. The number of rotatable bonds is 2. The molecule has 0 amide bonds. The number of aryl methyl sites for hydroxylation is 1. The zero-order chi connectivity index (χ0) is 13.4. The maximum atomic E-state index is 6.39. The van der Waals surface area contributed by atoms with Gasteiger partial charge < -0.3 is 5.73 Å². The summed E-state index contributed by atoms with van der Waals surface area (Å²) in [6.45, 7) is 1.99. The zero-order valence-electron chi connectivity index (χ0n) is 10.4. The molecule has 0 bridgehead atoms. The number of nitrogens with zero attached hydrogens (tertiary/aromatic N) is 1. The summed E-state index contributed by atoms with van der Waals surface area (Å²) in [6.07, 6.45) is 0. The second kappa shape index (κ2) is 4.93. The molecule has 19 heavy (non-hydrogen) atoms. The molecule has 4 heteroatoms. The van der Waals surface area contributed by atoms with E-state index in [0.29, 0.717) is 0 Å². The van der Waals surface area contributed by atoms with E-state index in [1.165, 1.54) is 11.3 Å². The Morgan fingerprint density at radius 3 is 2.74 bits per heavy atom. The second-order valence-corrected chi connectivity index (χ2v) is 6.24. The number of thiophene rings is 1. The van der Waals surface area contributed by atoms with Crippen LogP contribution >= 0.6 is 22.9 Å². The third-order valence-electron chi connectivity index (χ3n) is 3.11. The van der Waals surface area contributed by atoms with Crippen LogP contribution in [0.4, 0.5) is 0 Å². The molecule has 0 radical (unpaired) electrons. The minimum atomic E-state index is -0.163.